The first-order valence-electron chi connectivity index (χ1n) is 13.4. The Hall–Kier alpha value is -5.03. The zero-order valence-electron chi connectivity index (χ0n) is 23.5. The molecule has 0 saturated carbocycles. The van der Waals surface area contributed by atoms with Gasteiger partial charge in [0, 0.05) is 47.8 Å². The highest BCUT2D eigenvalue weighted by molar-refractivity contribution is 6.06. The van der Waals surface area contributed by atoms with Gasteiger partial charge in [0.15, 0.2) is 5.82 Å². The monoisotopic (exact) mass is 566 g/mol. The predicted octanol–water partition coefficient (Wildman–Crippen LogP) is 5.35. The number of benzene rings is 2. The fraction of sp³-hybridized carbons (Fsp3) is 0.258. The molecule has 0 aliphatic carbocycles. The number of nitro benzene ring substituents is 1. The topological polar surface area (TPSA) is 137 Å². The van der Waals surface area contributed by atoms with Crippen LogP contribution in [0.5, 0.6) is 0 Å². The molecule has 0 N–H and O–H groups in total. The zero-order chi connectivity index (χ0) is 29.6. The third-order valence-corrected chi connectivity index (χ3v) is 7.02. The van der Waals surface area contributed by atoms with Gasteiger partial charge in [-0.3, -0.25) is 29.8 Å². The van der Waals surface area contributed by atoms with Crippen LogP contribution in [0.4, 0.5) is 5.69 Å². The number of aliphatic imine (C=N–C) groups is 1. The van der Waals surface area contributed by atoms with Crippen molar-refractivity contribution in [2.45, 2.75) is 39.5 Å². The Bertz CT molecular complexity index is 1630. The largest absolute Gasteiger partial charge is 0.459 e. The van der Waals surface area contributed by atoms with Crippen LogP contribution in [0.3, 0.4) is 0 Å². The van der Waals surface area contributed by atoms with Crippen LogP contribution < -0.4 is 0 Å². The van der Waals surface area contributed by atoms with Gasteiger partial charge >= 0.3 is 5.97 Å². The lowest BCUT2D eigenvalue weighted by molar-refractivity contribution is -0.384. The van der Waals surface area contributed by atoms with E-state index in [-0.39, 0.29) is 18.2 Å². The van der Waals surface area contributed by atoms with Gasteiger partial charge in [-0.15, -0.1) is 0 Å². The summed E-state index contributed by atoms with van der Waals surface area (Å²) in [6.45, 7) is 4.63. The molecular formula is C31H30N6O5. The molecule has 11 nitrogen and oxygen atoms in total. The van der Waals surface area contributed by atoms with Gasteiger partial charge in [0.2, 0.25) is 0 Å². The van der Waals surface area contributed by atoms with E-state index in [1.54, 1.807) is 44.3 Å². The van der Waals surface area contributed by atoms with E-state index in [4.69, 9.17) is 9.26 Å². The number of rotatable bonds is 10. The summed E-state index contributed by atoms with van der Waals surface area (Å²) in [7, 11) is 1.96. The maximum atomic E-state index is 13.6. The van der Waals surface area contributed by atoms with E-state index in [0.29, 0.717) is 47.2 Å². The molecule has 1 aliphatic rings. The lowest BCUT2D eigenvalue weighted by Crippen LogP contribution is -2.34. The Balaban J connectivity index is 1.48. The van der Waals surface area contributed by atoms with Crippen LogP contribution in [0.1, 0.15) is 48.3 Å². The molecule has 0 radical (unpaired) electrons. The number of carbonyl (C=O) groups excluding carboxylic acids is 1. The summed E-state index contributed by atoms with van der Waals surface area (Å²) < 4.78 is 11.4. The van der Waals surface area contributed by atoms with Gasteiger partial charge in [-0.25, -0.2) is 0 Å². The summed E-state index contributed by atoms with van der Waals surface area (Å²) in [5.74, 6) is -1.47. The number of non-ortho nitro benzene ring substituents is 1. The Morgan fingerprint density at radius 2 is 1.83 bits per heavy atom. The van der Waals surface area contributed by atoms with E-state index >= 15 is 0 Å². The predicted molar refractivity (Wildman–Crippen MR) is 155 cm³/mol. The van der Waals surface area contributed by atoms with Crippen LogP contribution in [0.15, 0.2) is 94.2 Å². The summed E-state index contributed by atoms with van der Waals surface area (Å²) in [6.07, 6.45) is 1.62. The molecule has 214 valence electrons. The first kappa shape index (κ1) is 28.5. The van der Waals surface area contributed by atoms with Gasteiger partial charge in [-0.05, 0) is 44.2 Å². The summed E-state index contributed by atoms with van der Waals surface area (Å²) in [4.78, 5) is 40.4. The molecule has 4 aromatic rings. The van der Waals surface area contributed by atoms with Crippen molar-refractivity contribution in [2.24, 2.45) is 10.9 Å². The molecule has 3 heterocycles. The Kier molecular flexibility index (Phi) is 8.58. The summed E-state index contributed by atoms with van der Waals surface area (Å²) in [6, 6.07) is 21.6. The van der Waals surface area contributed by atoms with Gasteiger partial charge in [0.1, 0.15) is 12.5 Å². The molecule has 5 rings (SSSR count). The maximum Gasteiger partial charge on any atom is 0.316 e. The van der Waals surface area contributed by atoms with Crippen LogP contribution in [0, 0.1) is 16.0 Å². The molecule has 0 bridgehead atoms. The summed E-state index contributed by atoms with van der Waals surface area (Å²) in [5.41, 5.74) is 3.79. The molecule has 0 saturated heterocycles. The molecule has 2 unspecified atom stereocenters. The Labute approximate surface area is 242 Å². The molecule has 42 heavy (non-hydrogen) atoms. The second-order valence-corrected chi connectivity index (χ2v) is 10.2. The molecule has 0 spiro atoms. The van der Waals surface area contributed by atoms with Crippen molar-refractivity contribution >= 4 is 22.9 Å². The highest BCUT2D eigenvalue weighted by Gasteiger charge is 2.42. The SMILES string of the molecule is CC1=NC(C)=C(c2nc(CN(C)Cc3ccccc3)no2)C(c2cccc([N+](=O)[O-])c2)C1C(=O)OCc1ccccn1. The first-order chi connectivity index (χ1) is 20.3. The Morgan fingerprint density at radius 1 is 1.05 bits per heavy atom. The fourth-order valence-corrected chi connectivity index (χ4v) is 5.15. The number of hydrogen-bond donors (Lipinski definition) is 0. The second kappa shape index (κ2) is 12.6. The smallest absolute Gasteiger partial charge is 0.316 e. The number of ether oxygens (including phenoxy) is 1. The lowest BCUT2D eigenvalue weighted by Gasteiger charge is -2.31. The normalized spacial score (nSPS) is 16.8. The van der Waals surface area contributed by atoms with Gasteiger partial charge < -0.3 is 9.26 Å². The molecule has 2 aromatic carbocycles. The van der Waals surface area contributed by atoms with Crippen molar-refractivity contribution in [3.8, 4) is 0 Å². The number of carbonyl (C=O) groups is 1. The van der Waals surface area contributed by atoms with Gasteiger partial charge in [-0.1, -0.05) is 53.7 Å². The molecular weight excluding hydrogens is 536 g/mol. The molecule has 0 fully saturated rings. The van der Waals surface area contributed by atoms with Crippen molar-refractivity contribution in [3.05, 3.63) is 123 Å². The van der Waals surface area contributed by atoms with Crippen molar-refractivity contribution in [1.29, 1.82) is 0 Å². The number of esters is 1. The first-order valence-corrected chi connectivity index (χ1v) is 13.4. The van der Waals surface area contributed by atoms with Crippen molar-refractivity contribution in [1.82, 2.24) is 20.0 Å². The van der Waals surface area contributed by atoms with Crippen LogP contribution in [-0.4, -0.2) is 43.7 Å². The van der Waals surface area contributed by atoms with Gasteiger partial charge in [0.25, 0.3) is 11.6 Å². The second-order valence-electron chi connectivity index (χ2n) is 10.2. The number of aromatic nitrogens is 3. The van der Waals surface area contributed by atoms with Crippen LogP contribution in [-0.2, 0) is 29.2 Å². The fourth-order valence-electron chi connectivity index (χ4n) is 5.15. The average molecular weight is 567 g/mol. The van der Waals surface area contributed by atoms with Crippen LogP contribution in [0.25, 0.3) is 5.57 Å². The molecule has 2 atom stereocenters. The van der Waals surface area contributed by atoms with E-state index in [1.807, 2.05) is 43.4 Å². The minimum Gasteiger partial charge on any atom is -0.459 e. The minimum absolute atomic E-state index is 0.0262. The quantitative estimate of drug-likeness (QED) is 0.141. The Morgan fingerprint density at radius 3 is 2.57 bits per heavy atom. The number of hydrogen-bond acceptors (Lipinski definition) is 10. The van der Waals surface area contributed by atoms with E-state index in [9.17, 15) is 14.9 Å². The summed E-state index contributed by atoms with van der Waals surface area (Å²) in [5, 5.41) is 15.9. The van der Waals surface area contributed by atoms with E-state index < -0.39 is 22.7 Å². The van der Waals surface area contributed by atoms with Crippen molar-refractivity contribution in [2.75, 3.05) is 7.05 Å². The zero-order valence-corrected chi connectivity index (χ0v) is 23.5. The van der Waals surface area contributed by atoms with Crippen LogP contribution >= 0.6 is 0 Å². The highest BCUT2D eigenvalue weighted by Crippen LogP contribution is 2.44. The van der Waals surface area contributed by atoms with Gasteiger partial charge in [-0.2, -0.15) is 4.98 Å². The van der Waals surface area contributed by atoms with Gasteiger partial charge in [0.05, 0.1) is 17.2 Å². The van der Waals surface area contributed by atoms with Crippen LogP contribution in [0.2, 0.25) is 0 Å². The third kappa shape index (κ3) is 6.47. The molecule has 2 aromatic heterocycles. The minimum atomic E-state index is -0.884. The number of pyridine rings is 1. The molecule has 11 heteroatoms. The molecule has 1 aliphatic heterocycles. The average Bonchev–Trinajstić information content (AvgIpc) is 3.44. The van der Waals surface area contributed by atoms with Crippen molar-refractivity contribution < 1.29 is 19.0 Å². The van der Waals surface area contributed by atoms with Crippen molar-refractivity contribution in [3.63, 3.8) is 0 Å². The molecule has 0 amide bonds. The summed E-state index contributed by atoms with van der Waals surface area (Å²) >= 11 is 0. The maximum absolute atomic E-state index is 13.6. The number of nitrogens with zero attached hydrogens (tertiary/aromatic N) is 6. The van der Waals surface area contributed by atoms with E-state index in [0.717, 1.165) is 5.56 Å². The highest BCUT2D eigenvalue weighted by atomic mass is 16.6. The number of nitro groups is 1. The lowest BCUT2D eigenvalue weighted by atomic mass is 9.75. The standard InChI is InChI=1S/C31H30N6O5/c1-20-27(30-34-26(35-42-30)18-36(3)17-22-10-5-4-6-11-22)29(23-12-9-14-25(16-23)37(39)40)28(21(2)33-20)31(38)41-19-24-13-7-8-15-32-24/h4-16,28-29H,17-19H2,1-3H3. The van der Waals surface area contributed by atoms with E-state index in [1.165, 1.54) is 12.1 Å². The third-order valence-electron chi connectivity index (χ3n) is 7.02. The number of allylic oxidation sites excluding steroid dienone is 2. The van der Waals surface area contributed by atoms with E-state index in [2.05, 4.69) is 25.0 Å².